The van der Waals surface area contributed by atoms with Gasteiger partial charge in [-0.3, -0.25) is 9.59 Å². The molecule has 1 aromatic carbocycles. The first-order valence-corrected chi connectivity index (χ1v) is 7.78. The summed E-state index contributed by atoms with van der Waals surface area (Å²) in [5.41, 5.74) is 0.390. The van der Waals surface area contributed by atoms with Gasteiger partial charge in [0.05, 0.1) is 27.6 Å². The van der Waals surface area contributed by atoms with Gasteiger partial charge in [-0.25, -0.2) is 0 Å². The van der Waals surface area contributed by atoms with E-state index < -0.39 is 5.92 Å². The minimum absolute atomic E-state index is 0.0465. The summed E-state index contributed by atoms with van der Waals surface area (Å²) in [4.78, 5) is 26.4. The zero-order valence-corrected chi connectivity index (χ0v) is 14.0. The largest absolute Gasteiger partial charge is 0.349 e. The summed E-state index contributed by atoms with van der Waals surface area (Å²) in [5.74, 6) is -1.07. The minimum atomic E-state index is -0.424. The van der Waals surface area contributed by atoms with Crippen LogP contribution in [0.2, 0.25) is 10.0 Å². The lowest BCUT2D eigenvalue weighted by Gasteiger charge is -2.29. The van der Waals surface area contributed by atoms with E-state index in [1.807, 2.05) is 12.2 Å². The Hall–Kier alpha value is -1.52. The van der Waals surface area contributed by atoms with Crippen molar-refractivity contribution in [2.24, 2.45) is 11.8 Å². The summed E-state index contributed by atoms with van der Waals surface area (Å²) in [6.07, 6.45) is 4.96. The molecule has 2 unspecified atom stereocenters. The first kappa shape index (κ1) is 16.8. The predicted octanol–water partition coefficient (Wildman–Crippen LogP) is 3.60. The molecule has 0 spiro atoms. The van der Waals surface area contributed by atoms with Crippen LogP contribution in [0.4, 0.5) is 5.69 Å². The maximum atomic E-state index is 12.6. The van der Waals surface area contributed by atoms with Gasteiger partial charge in [-0.1, -0.05) is 41.4 Å². The Kier molecular flexibility index (Phi) is 5.48. The van der Waals surface area contributed by atoms with Gasteiger partial charge in [-0.05, 0) is 25.0 Å². The highest BCUT2D eigenvalue weighted by molar-refractivity contribution is 6.39. The highest BCUT2D eigenvalue weighted by Crippen LogP contribution is 2.33. The highest BCUT2D eigenvalue weighted by atomic mass is 35.5. The fourth-order valence-corrected chi connectivity index (χ4v) is 3.03. The number of rotatable bonds is 3. The van der Waals surface area contributed by atoms with Gasteiger partial charge in [-0.2, -0.15) is 0 Å². The Morgan fingerprint density at radius 3 is 2.18 bits per heavy atom. The van der Waals surface area contributed by atoms with Crippen LogP contribution in [-0.2, 0) is 9.59 Å². The van der Waals surface area contributed by atoms with E-state index in [2.05, 4.69) is 5.32 Å². The van der Waals surface area contributed by atoms with Crippen LogP contribution in [0.25, 0.3) is 0 Å². The lowest BCUT2D eigenvalue weighted by molar-refractivity contribution is -0.138. The van der Waals surface area contributed by atoms with Gasteiger partial charge in [0.15, 0.2) is 0 Å². The van der Waals surface area contributed by atoms with Crippen LogP contribution in [0.15, 0.2) is 30.4 Å². The zero-order chi connectivity index (χ0) is 16.3. The number of halogens is 2. The number of para-hydroxylation sites is 1. The number of nitrogens with zero attached hydrogens (tertiary/aromatic N) is 1. The van der Waals surface area contributed by atoms with E-state index in [0.29, 0.717) is 28.6 Å². The molecule has 0 aliphatic heterocycles. The monoisotopic (exact) mass is 340 g/mol. The second-order valence-corrected chi connectivity index (χ2v) is 6.29. The number of amides is 2. The molecule has 118 valence electrons. The maximum Gasteiger partial charge on any atom is 0.228 e. The predicted molar refractivity (Wildman–Crippen MR) is 89.1 cm³/mol. The molecule has 0 heterocycles. The van der Waals surface area contributed by atoms with Crippen LogP contribution >= 0.6 is 23.2 Å². The van der Waals surface area contributed by atoms with Crippen molar-refractivity contribution in [2.45, 2.75) is 12.8 Å². The van der Waals surface area contributed by atoms with E-state index in [4.69, 9.17) is 23.2 Å². The SMILES string of the molecule is CN(C)C(=O)C1CC=CCC1C(=O)Nc1c(Cl)cccc1Cl. The Balaban J connectivity index is 2.20. The minimum Gasteiger partial charge on any atom is -0.349 e. The Bertz CT molecular complexity index is 594. The van der Waals surface area contributed by atoms with E-state index in [9.17, 15) is 9.59 Å². The van der Waals surface area contributed by atoms with E-state index in [-0.39, 0.29) is 17.7 Å². The maximum absolute atomic E-state index is 12.6. The van der Waals surface area contributed by atoms with Crippen LogP contribution in [0.3, 0.4) is 0 Å². The molecular weight excluding hydrogens is 323 g/mol. The van der Waals surface area contributed by atoms with Crippen molar-refractivity contribution >= 4 is 40.7 Å². The van der Waals surface area contributed by atoms with Gasteiger partial charge in [0.2, 0.25) is 11.8 Å². The summed E-state index contributed by atoms with van der Waals surface area (Å²) < 4.78 is 0. The molecule has 2 rings (SSSR count). The van der Waals surface area contributed by atoms with Gasteiger partial charge in [-0.15, -0.1) is 0 Å². The van der Waals surface area contributed by atoms with Gasteiger partial charge in [0.25, 0.3) is 0 Å². The van der Waals surface area contributed by atoms with Crippen molar-refractivity contribution in [3.63, 3.8) is 0 Å². The van der Waals surface area contributed by atoms with Crippen LogP contribution in [0.1, 0.15) is 12.8 Å². The third kappa shape index (κ3) is 3.62. The zero-order valence-electron chi connectivity index (χ0n) is 12.5. The third-order valence-electron chi connectivity index (χ3n) is 3.74. The Labute approximate surface area is 140 Å². The number of hydrogen-bond donors (Lipinski definition) is 1. The fraction of sp³-hybridized carbons (Fsp3) is 0.375. The highest BCUT2D eigenvalue weighted by Gasteiger charge is 2.35. The first-order valence-electron chi connectivity index (χ1n) is 7.03. The quantitative estimate of drug-likeness (QED) is 0.854. The smallest absolute Gasteiger partial charge is 0.228 e. The molecule has 0 saturated heterocycles. The van der Waals surface area contributed by atoms with Crippen LogP contribution < -0.4 is 5.32 Å². The van der Waals surface area contributed by atoms with Crippen molar-refractivity contribution in [1.82, 2.24) is 4.90 Å². The molecular formula is C16H18Cl2N2O2. The molecule has 22 heavy (non-hydrogen) atoms. The second-order valence-electron chi connectivity index (χ2n) is 5.47. The molecule has 4 nitrogen and oxygen atoms in total. The van der Waals surface area contributed by atoms with E-state index >= 15 is 0 Å². The first-order chi connectivity index (χ1) is 10.4. The topological polar surface area (TPSA) is 49.4 Å². The van der Waals surface area contributed by atoms with E-state index in [1.54, 1.807) is 32.3 Å². The summed E-state index contributed by atoms with van der Waals surface area (Å²) in [7, 11) is 3.39. The summed E-state index contributed by atoms with van der Waals surface area (Å²) >= 11 is 12.1. The van der Waals surface area contributed by atoms with Crippen molar-refractivity contribution in [3.8, 4) is 0 Å². The normalized spacial score (nSPS) is 20.5. The number of hydrogen-bond acceptors (Lipinski definition) is 2. The summed E-state index contributed by atoms with van der Waals surface area (Å²) in [6.45, 7) is 0. The molecule has 2 amide bonds. The van der Waals surface area contributed by atoms with E-state index in [0.717, 1.165) is 0 Å². The average molecular weight is 341 g/mol. The molecule has 0 bridgehead atoms. The molecule has 1 aromatic rings. The average Bonchev–Trinajstić information content (AvgIpc) is 2.50. The van der Waals surface area contributed by atoms with Gasteiger partial charge in [0, 0.05) is 14.1 Å². The standard InChI is InChI=1S/C16H18Cl2N2O2/c1-20(2)16(22)11-7-4-3-6-10(11)15(21)19-14-12(17)8-5-9-13(14)18/h3-5,8-11H,6-7H2,1-2H3,(H,19,21). The van der Waals surface area contributed by atoms with Crippen LogP contribution in [0.5, 0.6) is 0 Å². The van der Waals surface area contributed by atoms with Gasteiger partial charge >= 0.3 is 0 Å². The molecule has 2 atom stereocenters. The van der Waals surface area contributed by atoms with E-state index in [1.165, 1.54) is 4.90 Å². The molecule has 0 aromatic heterocycles. The summed E-state index contributed by atoms with van der Waals surface area (Å²) in [6, 6.07) is 5.03. The number of carbonyl (C=O) groups is 2. The van der Waals surface area contributed by atoms with Crippen molar-refractivity contribution in [3.05, 3.63) is 40.4 Å². The third-order valence-corrected chi connectivity index (χ3v) is 4.37. The molecule has 0 radical (unpaired) electrons. The molecule has 6 heteroatoms. The van der Waals surface area contributed by atoms with Crippen molar-refractivity contribution < 1.29 is 9.59 Å². The Morgan fingerprint density at radius 2 is 1.64 bits per heavy atom. The lowest BCUT2D eigenvalue weighted by Crippen LogP contribution is -2.40. The van der Waals surface area contributed by atoms with Gasteiger partial charge < -0.3 is 10.2 Å². The van der Waals surface area contributed by atoms with Crippen LogP contribution in [0, 0.1) is 11.8 Å². The van der Waals surface area contributed by atoms with Crippen molar-refractivity contribution in [2.75, 3.05) is 19.4 Å². The lowest BCUT2D eigenvalue weighted by atomic mass is 9.81. The Morgan fingerprint density at radius 1 is 1.09 bits per heavy atom. The number of nitrogens with one attached hydrogen (secondary N) is 1. The number of benzene rings is 1. The van der Waals surface area contributed by atoms with Crippen molar-refractivity contribution in [1.29, 1.82) is 0 Å². The van der Waals surface area contributed by atoms with Crippen LogP contribution in [-0.4, -0.2) is 30.8 Å². The molecule has 0 fully saturated rings. The molecule has 1 aliphatic rings. The fourth-order valence-electron chi connectivity index (χ4n) is 2.54. The number of allylic oxidation sites excluding steroid dienone is 2. The molecule has 1 aliphatic carbocycles. The molecule has 0 saturated carbocycles. The summed E-state index contributed by atoms with van der Waals surface area (Å²) in [5, 5.41) is 3.52. The molecule has 1 N–H and O–H groups in total. The second kappa shape index (κ2) is 7.16. The number of carbonyl (C=O) groups excluding carboxylic acids is 2. The van der Waals surface area contributed by atoms with Gasteiger partial charge in [0.1, 0.15) is 0 Å². The number of anilines is 1.